The third kappa shape index (κ3) is 7.04. The summed E-state index contributed by atoms with van der Waals surface area (Å²) in [6.07, 6.45) is -1.98. The van der Waals surface area contributed by atoms with Crippen LogP contribution in [0.2, 0.25) is 5.02 Å². The first kappa shape index (κ1) is 30.3. The highest BCUT2D eigenvalue weighted by Gasteiger charge is 2.67. The van der Waals surface area contributed by atoms with Gasteiger partial charge in [0.15, 0.2) is 0 Å². The third-order valence-corrected chi connectivity index (χ3v) is 7.01. The number of allylic oxidation sites excluding steroid dienone is 5. The molecule has 0 spiro atoms. The molecule has 38 heavy (non-hydrogen) atoms. The van der Waals surface area contributed by atoms with Gasteiger partial charge in [-0.25, -0.2) is 4.39 Å². The maximum absolute atomic E-state index is 13.4. The molecule has 2 aromatic rings. The van der Waals surface area contributed by atoms with E-state index >= 15 is 0 Å². The first-order valence-electron chi connectivity index (χ1n) is 10.6. The number of hydrogen-bond acceptors (Lipinski definition) is 2. The minimum atomic E-state index is -4.93. The number of benzene rings is 2. The first-order valence-corrected chi connectivity index (χ1v) is 12.5. The Bertz CT molecular complexity index is 1370. The molecule has 2 N–H and O–H groups in total. The van der Waals surface area contributed by atoms with Crippen LogP contribution >= 0.6 is 58.0 Å². The van der Waals surface area contributed by atoms with Crippen molar-refractivity contribution in [1.29, 1.82) is 0 Å². The fraction of sp³-hybridized carbons (Fsp3) is 0.200. The molecule has 13 heteroatoms. The van der Waals surface area contributed by atoms with Gasteiger partial charge in [0.2, 0.25) is 5.91 Å². The lowest BCUT2D eigenvalue weighted by Crippen LogP contribution is -2.19. The van der Waals surface area contributed by atoms with E-state index in [1.807, 2.05) is 0 Å². The van der Waals surface area contributed by atoms with Crippen LogP contribution < -0.4 is 10.6 Å². The van der Waals surface area contributed by atoms with E-state index < -0.39 is 51.2 Å². The number of carbonyl (C=O) groups is 2. The standard InChI is InChI=1S/C25H17Cl5F4N2O2/c1-11(7-13(27)8-12(2)26)20-21(24(20,29)30)23(38)35-15-4-5-18(28)16(10-15)22(37)36-19-6-3-14(31)9-17(19)25(32,33)34/h3-10,20-21H,1H2,2H3,(H,35,38)(H,36,37)/b12-8+,13-7+. The number of alkyl halides is 5. The van der Waals surface area contributed by atoms with Crippen LogP contribution in [0.1, 0.15) is 22.8 Å². The number of anilines is 2. The highest BCUT2D eigenvalue weighted by atomic mass is 35.5. The molecule has 2 unspecified atom stereocenters. The Labute approximate surface area is 240 Å². The van der Waals surface area contributed by atoms with Gasteiger partial charge in [0, 0.05) is 21.7 Å². The van der Waals surface area contributed by atoms with E-state index in [1.165, 1.54) is 24.3 Å². The lowest BCUT2D eigenvalue weighted by atomic mass is 10.1. The van der Waals surface area contributed by atoms with Crippen molar-refractivity contribution in [2.45, 2.75) is 17.4 Å². The second kappa shape index (κ2) is 11.5. The number of halogens is 9. The summed E-state index contributed by atoms with van der Waals surface area (Å²) in [7, 11) is 0. The van der Waals surface area contributed by atoms with Crippen molar-refractivity contribution in [2.75, 3.05) is 10.6 Å². The molecule has 0 radical (unpaired) electrons. The van der Waals surface area contributed by atoms with Gasteiger partial charge in [-0.05, 0) is 61.0 Å². The normalized spacial score (nSPS) is 19.1. The molecule has 2 aromatic carbocycles. The van der Waals surface area contributed by atoms with Crippen LogP contribution in [-0.4, -0.2) is 16.1 Å². The Balaban J connectivity index is 1.78. The molecule has 4 nitrogen and oxygen atoms in total. The summed E-state index contributed by atoms with van der Waals surface area (Å²) >= 11 is 30.5. The third-order valence-electron chi connectivity index (χ3n) is 5.41. The van der Waals surface area contributed by atoms with Gasteiger partial charge in [0.1, 0.15) is 10.2 Å². The van der Waals surface area contributed by atoms with E-state index in [1.54, 1.807) is 6.92 Å². The van der Waals surface area contributed by atoms with Crippen molar-refractivity contribution >= 4 is 81.2 Å². The zero-order valence-electron chi connectivity index (χ0n) is 19.2. The fourth-order valence-corrected chi connectivity index (χ4v) is 5.20. The Kier molecular flexibility index (Phi) is 9.16. The average molecular weight is 631 g/mol. The molecular formula is C25H17Cl5F4N2O2. The van der Waals surface area contributed by atoms with Crippen LogP contribution in [-0.2, 0) is 11.0 Å². The molecular weight excluding hydrogens is 614 g/mol. The number of hydrogen-bond donors (Lipinski definition) is 2. The van der Waals surface area contributed by atoms with E-state index in [-0.39, 0.29) is 27.4 Å². The molecule has 1 fully saturated rings. The highest BCUT2D eigenvalue weighted by Crippen LogP contribution is 2.62. The van der Waals surface area contributed by atoms with Gasteiger partial charge < -0.3 is 10.6 Å². The van der Waals surface area contributed by atoms with Crippen LogP contribution in [0.4, 0.5) is 28.9 Å². The fourth-order valence-electron chi connectivity index (χ4n) is 3.66. The van der Waals surface area contributed by atoms with E-state index in [0.29, 0.717) is 10.6 Å². The predicted molar refractivity (Wildman–Crippen MR) is 144 cm³/mol. The summed E-state index contributed by atoms with van der Waals surface area (Å²) in [5.74, 6) is -4.37. The maximum atomic E-state index is 13.4. The van der Waals surface area contributed by atoms with Crippen LogP contribution in [0, 0.1) is 17.7 Å². The SMILES string of the molecule is C=C(/C=C(Cl)\C=C(/C)Cl)C1C(C(=O)Nc2ccc(Cl)c(C(=O)Nc3ccc(F)cc3C(F)(F)F)c2)C1(Cl)Cl. The van der Waals surface area contributed by atoms with Gasteiger partial charge in [0.25, 0.3) is 5.91 Å². The van der Waals surface area contributed by atoms with Crippen molar-refractivity contribution in [1.82, 2.24) is 0 Å². The quantitative estimate of drug-likeness (QED) is 0.182. The molecule has 3 rings (SSSR count). The molecule has 0 bridgehead atoms. The number of amides is 2. The molecule has 0 aliphatic heterocycles. The zero-order chi connectivity index (χ0) is 28.6. The second-order valence-corrected chi connectivity index (χ2v) is 11.2. The van der Waals surface area contributed by atoms with E-state index in [0.717, 1.165) is 18.2 Å². The minimum absolute atomic E-state index is 0.0920. The first-order chi connectivity index (χ1) is 17.5. The summed E-state index contributed by atoms with van der Waals surface area (Å²) in [5.41, 5.74) is -1.83. The number of nitrogens with one attached hydrogen (secondary N) is 2. The Morgan fingerprint density at radius 2 is 1.68 bits per heavy atom. The van der Waals surface area contributed by atoms with Crippen LogP contribution in [0.25, 0.3) is 0 Å². The Morgan fingerprint density at radius 1 is 1.03 bits per heavy atom. The van der Waals surface area contributed by atoms with Crippen molar-refractivity contribution in [3.8, 4) is 0 Å². The van der Waals surface area contributed by atoms with E-state index in [2.05, 4.69) is 17.2 Å². The van der Waals surface area contributed by atoms with Crippen molar-refractivity contribution in [3.63, 3.8) is 0 Å². The second-order valence-electron chi connectivity index (χ2n) is 8.29. The molecule has 1 saturated carbocycles. The predicted octanol–water partition coefficient (Wildman–Crippen LogP) is 8.93. The summed E-state index contributed by atoms with van der Waals surface area (Å²) in [6, 6.07) is 5.60. The summed E-state index contributed by atoms with van der Waals surface area (Å²) in [5, 5.41) is 5.19. The molecule has 0 aromatic heterocycles. The highest BCUT2D eigenvalue weighted by molar-refractivity contribution is 6.53. The van der Waals surface area contributed by atoms with Gasteiger partial charge in [-0.3, -0.25) is 9.59 Å². The van der Waals surface area contributed by atoms with E-state index in [4.69, 9.17) is 58.0 Å². The Morgan fingerprint density at radius 3 is 2.29 bits per heavy atom. The average Bonchev–Trinajstić information content (AvgIpc) is 3.37. The molecule has 0 saturated heterocycles. The van der Waals surface area contributed by atoms with E-state index in [9.17, 15) is 27.2 Å². The summed E-state index contributed by atoms with van der Waals surface area (Å²) in [6.45, 7) is 5.48. The topological polar surface area (TPSA) is 58.2 Å². The Hall–Kier alpha value is -2.23. The lowest BCUT2D eigenvalue weighted by Gasteiger charge is -2.15. The van der Waals surface area contributed by atoms with Crippen molar-refractivity contribution in [2.24, 2.45) is 11.8 Å². The minimum Gasteiger partial charge on any atom is -0.326 e. The lowest BCUT2D eigenvalue weighted by molar-refractivity contribution is -0.137. The van der Waals surface area contributed by atoms with Crippen LogP contribution in [0.5, 0.6) is 0 Å². The molecule has 1 aliphatic carbocycles. The summed E-state index contributed by atoms with van der Waals surface area (Å²) < 4.78 is 51.7. The number of carbonyl (C=O) groups excluding carboxylic acids is 2. The van der Waals surface area contributed by atoms with Crippen molar-refractivity contribution in [3.05, 3.63) is 92.7 Å². The monoisotopic (exact) mass is 628 g/mol. The largest absolute Gasteiger partial charge is 0.418 e. The molecule has 2 amide bonds. The van der Waals surface area contributed by atoms with Gasteiger partial charge in [-0.1, -0.05) is 41.4 Å². The van der Waals surface area contributed by atoms with Crippen molar-refractivity contribution < 1.29 is 27.2 Å². The molecule has 202 valence electrons. The molecule has 1 aliphatic rings. The van der Waals surface area contributed by atoms with Gasteiger partial charge in [0.05, 0.1) is 27.8 Å². The van der Waals surface area contributed by atoms with Crippen LogP contribution in [0.15, 0.2) is 70.8 Å². The van der Waals surface area contributed by atoms with Gasteiger partial charge >= 0.3 is 6.18 Å². The molecule has 2 atom stereocenters. The van der Waals surface area contributed by atoms with Crippen LogP contribution in [0.3, 0.4) is 0 Å². The van der Waals surface area contributed by atoms with Gasteiger partial charge in [-0.2, -0.15) is 13.2 Å². The maximum Gasteiger partial charge on any atom is 0.418 e. The van der Waals surface area contributed by atoms with Gasteiger partial charge in [-0.15, -0.1) is 23.2 Å². The smallest absolute Gasteiger partial charge is 0.326 e. The number of rotatable bonds is 7. The zero-order valence-corrected chi connectivity index (χ0v) is 23.0. The molecule has 0 heterocycles. The summed E-state index contributed by atoms with van der Waals surface area (Å²) in [4.78, 5) is 25.7.